The first-order chi connectivity index (χ1) is 14.2. The Bertz CT molecular complexity index is 1580. The Morgan fingerprint density at radius 1 is 0.759 bits per heavy atom. The number of fused-ring (bicyclic) bond motifs is 8. The predicted octanol–water partition coefficient (Wildman–Crippen LogP) is 5.87. The minimum atomic E-state index is 0.943. The molecule has 4 heterocycles. The minimum Gasteiger partial charge on any atom is -0.289 e. The molecule has 0 N–H and O–H groups in total. The van der Waals surface area contributed by atoms with Crippen LogP contribution in [-0.2, 0) is 0 Å². The van der Waals surface area contributed by atoms with Crippen LogP contribution in [0.1, 0.15) is 11.1 Å². The van der Waals surface area contributed by atoms with Crippen molar-refractivity contribution in [3.05, 3.63) is 84.3 Å². The fourth-order valence-corrected chi connectivity index (χ4v) is 4.39. The van der Waals surface area contributed by atoms with Crippen LogP contribution in [0.2, 0.25) is 0 Å². The van der Waals surface area contributed by atoms with Gasteiger partial charge in [-0.25, -0.2) is 4.98 Å². The second kappa shape index (κ2) is 5.85. The van der Waals surface area contributed by atoms with E-state index in [0.29, 0.717) is 0 Å². The summed E-state index contributed by atoms with van der Waals surface area (Å²) in [5.74, 6) is 0. The van der Waals surface area contributed by atoms with Crippen LogP contribution in [0.3, 0.4) is 0 Å². The SMILES string of the molecule is Cc1ccccc1-c1cc2c(cc1C)c1nc3ccncc3n1c1cccnc21. The van der Waals surface area contributed by atoms with E-state index in [1.54, 1.807) is 6.20 Å². The van der Waals surface area contributed by atoms with Gasteiger partial charge in [0.2, 0.25) is 0 Å². The molecule has 0 atom stereocenters. The van der Waals surface area contributed by atoms with Crippen molar-refractivity contribution in [2.24, 2.45) is 0 Å². The number of aryl methyl sites for hydroxylation is 2. The molecule has 0 aliphatic rings. The highest BCUT2D eigenvalue weighted by Gasteiger charge is 2.16. The van der Waals surface area contributed by atoms with Crippen molar-refractivity contribution in [1.29, 1.82) is 0 Å². The van der Waals surface area contributed by atoms with Crippen molar-refractivity contribution >= 4 is 38.5 Å². The molecule has 2 aromatic carbocycles. The molecule has 4 heteroatoms. The van der Waals surface area contributed by atoms with Crippen LogP contribution in [0.4, 0.5) is 0 Å². The van der Waals surface area contributed by atoms with E-state index in [-0.39, 0.29) is 0 Å². The first kappa shape index (κ1) is 16.2. The quantitative estimate of drug-likeness (QED) is 0.338. The summed E-state index contributed by atoms with van der Waals surface area (Å²) in [4.78, 5) is 14.0. The number of hydrogen-bond acceptors (Lipinski definition) is 3. The highest BCUT2D eigenvalue weighted by atomic mass is 15.0. The summed E-state index contributed by atoms with van der Waals surface area (Å²) in [5.41, 5.74) is 9.92. The monoisotopic (exact) mass is 374 g/mol. The van der Waals surface area contributed by atoms with Crippen LogP contribution in [0.5, 0.6) is 0 Å². The number of benzene rings is 2. The Hall–Kier alpha value is -3.79. The molecule has 4 nitrogen and oxygen atoms in total. The standard InChI is InChI=1S/C25H18N4/c1-15-6-3-4-7-17(15)18-13-19-20(12-16(18)2)25-28-21-9-11-26-14-23(21)29(25)22-8-5-10-27-24(19)22/h3-14H,1-2H3. The van der Waals surface area contributed by atoms with Crippen LogP contribution in [0, 0.1) is 13.8 Å². The molecule has 29 heavy (non-hydrogen) atoms. The van der Waals surface area contributed by atoms with E-state index in [1.807, 2.05) is 24.5 Å². The molecule has 0 aliphatic carbocycles. The molecule has 6 aromatic rings. The Balaban J connectivity index is 1.85. The third-order valence-electron chi connectivity index (χ3n) is 5.78. The maximum absolute atomic E-state index is 4.95. The summed E-state index contributed by atoms with van der Waals surface area (Å²) < 4.78 is 2.18. The fourth-order valence-electron chi connectivity index (χ4n) is 4.39. The Labute approximate surface area is 167 Å². The summed E-state index contributed by atoms with van der Waals surface area (Å²) in [6.07, 6.45) is 5.53. The number of pyridine rings is 3. The van der Waals surface area contributed by atoms with Crippen molar-refractivity contribution in [2.75, 3.05) is 0 Å². The van der Waals surface area contributed by atoms with E-state index in [9.17, 15) is 0 Å². The summed E-state index contributed by atoms with van der Waals surface area (Å²) in [5, 5.41) is 2.24. The first-order valence-electron chi connectivity index (χ1n) is 9.71. The maximum atomic E-state index is 4.95. The van der Waals surface area contributed by atoms with E-state index in [1.165, 1.54) is 22.3 Å². The summed E-state index contributed by atoms with van der Waals surface area (Å²) in [7, 11) is 0. The Morgan fingerprint density at radius 2 is 1.66 bits per heavy atom. The third kappa shape index (κ3) is 2.23. The van der Waals surface area contributed by atoms with Crippen LogP contribution in [0.15, 0.2) is 73.2 Å². The first-order valence-corrected chi connectivity index (χ1v) is 9.71. The van der Waals surface area contributed by atoms with Crippen molar-refractivity contribution < 1.29 is 0 Å². The highest BCUT2D eigenvalue weighted by molar-refractivity contribution is 6.13. The van der Waals surface area contributed by atoms with Gasteiger partial charge in [0.15, 0.2) is 0 Å². The van der Waals surface area contributed by atoms with Crippen molar-refractivity contribution in [3.63, 3.8) is 0 Å². The van der Waals surface area contributed by atoms with E-state index < -0.39 is 0 Å². The van der Waals surface area contributed by atoms with Gasteiger partial charge < -0.3 is 0 Å². The second-order valence-electron chi connectivity index (χ2n) is 7.53. The zero-order valence-electron chi connectivity index (χ0n) is 16.2. The second-order valence-corrected chi connectivity index (χ2v) is 7.53. The molecule has 0 amide bonds. The number of rotatable bonds is 1. The number of nitrogens with zero attached hydrogens (tertiary/aromatic N) is 4. The highest BCUT2D eigenvalue weighted by Crippen LogP contribution is 2.36. The number of hydrogen-bond donors (Lipinski definition) is 0. The Morgan fingerprint density at radius 3 is 2.55 bits per heavy atom. The molecular weight excluding hydrogens is 356 g/mol. The van der Waals surface area contributed by atoms with E-state index in [2.05, 4.69) is 65.7 Å². The van der Waals surface area contributed by atoms with Gasteiger partial charge in [-0.1, -0.05) is 24.3 Å². The van der Waals surface area contributed by atoms with Gasteiger partial charge in [0.1, 0.15) is 5.65 Å². The summed E-state index contributed by atoms with van der Waals surface area (Å²) in [6.45, 7) is 4.33. The number of aromatic nitrogens is 4. The van der Waals surface area contributed by atoms with Gasteiger partial charge in [-0.15, -0.1) is 0 Å². The molecule has 0 fully saturated rings. The van der Waals surface area contributed by atoms with Crippen LogP contribution in [0.25, 0.3) is 49.6 Å². The van der Waals surface area contributed by atoms with Crippen molar-refractivity contribution in [3.8, 4) is 11.1 Å². The lowest BCUT2D eigenvalue weighted by atomic mass is 9.93. The number of imidazole rings is 1. The van der Waals surface area contributed by atoms with Gasteiger partial charge in [0, 0.05) is 23.2 Å². The molecule has 0 saturated carbocycles. The van der Waals surface area contributed by atoms with Gasteiger partial charge >= 0.3 is 0 Å². The fraction of sp³-hybridized carbons (Fsp3) is 0.0800. The lowest BCUT2D eigenvalue weighted by Crippen LogP contribution is -1.95. The molecule has 0 unspecified atom stereocenters. The molecule has 4 aromatic heterocycles. The largest absolute Gasteiger partial charge is 0.289 e. The van der Waals surface area contributed by atoms with Crippen LogP contribution in [-0.4, -0.2) is 19.4 Å². The minimum absolute atomic E-state index is 0.943. The molecule has 0 aliphatic heterocycles. The third-order valence-corrected chi connectivity index (χ3v) is 5.78. The zero-order chi connectivity index (χ0) is 19.5. The van der Waals surface area contributed by atoms with Crippen LogP contribution >= 0.6 is 0 Å². The maximum Gasteiger partial charge on any atom is 0.146 e. The van der Waals surface area contributed by atoms with E-state index >= 15 is 0 Å². The predicted molar refractivity (Wildman–Crippen MR) is 118 cm³/mol. The van der Waals surface area contributed by atoms with E-state index in [0.717, 1.165) is 38.5 Å². The average Bonchev–Trinajstić information content (AvgIpc) is 3.14. The van der Waals surface area contributed by atoms with Crippen LogP contribution < -0.4 is 0 Å². The molecule has 0 radical (unpaired) electrons. The van der Waals surface area contributed by atoms with Crippen molar-refractivity contribution in [1.82, 2.24) is 19.4 Å². The smallest absolute Gasteiger partial charge is 0.146 e. The lowest BCUT2D eigenvalue weighted by molar-refractivity contribution is 1.27. The molecular formula is C25H18N4. The normalized spacial score (nSPS) is 11.8. The van der Waals surface area contributed by atoms with Gasteiger partial charge in [0.05, 0.1) is 28.3 Å². The molecule has 0 saturated heterocycles. The molecule has 0 bridgehead atoms. The lowest BCUT2D eigenvalue weighted by Gasteiger charge is -2.14. The van der Waals surface area contributed by atoms with Gasteiger partial charge in [0.25, 0.3) is 0 Å². The molecule has 138 valence electrons. The topological polar surface area (TPSA) is 43.1 Å². The van der Waals surface area contributed by atoms with Gasteiger partial charge in [-0.3, -0.25) is 14.4 Å². The zero-order valence-corrected chi connectivity index (χ0v) is 16.2. The van der Waals surface area contributed by atoms with E-state index in [4.69, 9.17) is 9.97 Å². The van der Waals surface area contributed by atoms with Crippen molar-refractivity contribution in [2.45, 2.75) is 13.8 Å². The van der Waals surface area contributed by atoms with Gasteiger partial charge in [-0.05, 0) is 66.4 Å². The molecule has 0 spiro atoms. The van der Waals surface area contributed by atoms with Gasteiger partial charge in [-0.2, -0.15) is 0 Å². The molecule has 6 rings (SSSR count). The summed E-state index contributed by atoms with van der Waals surface area (Å²) >= 11 is 0. The summed E-state index contributed by atoms with van der Waals surface area (Å²) in [6, 6.07) is 19.1. The average molecular weight is 374 g/mol. The Kier molecular flexibility index (Phi) is 3.27.